The van der Waals surface area contributed by atoms with Crippen molar-refractivity contribution in [2.45, 2.75) is 6.92 Å². The van der Waals surface area contributed by atoms with Gasteiger partial charge in [0, 0.05) is 17.3 Å². The zero-order chi connectivity index (χ0) is 11.5. The molecule has 4 nitrogen and oxygen atoms in total. The molecule has 0 unspecified atom stereocenters. The fourth-order valence-electron chi connectivity index (χ4n) is 1.45. The molecule has 1 aromatic heterocycles. The highest BCUT2D eigenvalue weighted by Gasteiger charge is 2.09. The van der Waals surface area contributed by atoms with E-state index in [-0.39, 0.29) is 0 Å². The van der Waals surface area contributed by atoms with Crippen molar-refractivity contribution in [1.82, 2.24) is 9.97 Å². The summed E-state index contributed by atoms with van der Waals surface area (Å²) in [6, 6.07) is 7.09. The van der Waals surface area contributed by atoms with E-state index in [1.807, 2.05) is 13.0 Å². The summed E-state index contributed by atoms with van der Waals surface area (Å²) in [4.78, 5) is 19.6. The molecule has 0 fully saturated rings. The SMILES string of the molecule is Cc1cnc(-c2ccccc2C(N)=O)cn1. The summed E-state index contributed by atoms with van der Waals surface area (Å²) in [7, 11) is 0. The summed E-state index contributed by atoms with van der Waals surface area (Å²) in [5.41, 5.74) is 7.95. The van der Waals surface area contributed by atoms with Crippen LogP contribution in [0.3, 0.4) is 0 Å². The van der Waals surface area contributed by atoms with Crippen molar-refractivity contribution in [3.63, 3.8) is 0 Å². The lowest BCUT2D eigenvalue weighted by Gasteiger charge is -2.05. The van der Waals surface area contributed by atoms with Crippen molar-refractivity contribution in [2.24, 2.45) is 5.73 Å². The molecule has 0 saturated carbocycles. The van der Waals surface area contributed by atoms with Crippen LogP contribution < -0.4 is 5.73 Å². The van der Waals surface area contributed by atoms with Gasteiger partial charge in [-0.15, -0.1) is 0 Å². The number of carbonyl (C=O) groups is 1. The van der Waals surface area contributed by atoms with Crippen LogP contribution in [0.1, 0.15) is 16.1 Å². The highest BCUT2D eigenvalue weighted by Crippen LogP contribution is 2.20. The van der Waals surface area contributed by atoms with Gasteiger partial charge in [0.2, 0.25) is 5.91 Å². The number of carbonyl (C=O) groups excluding carboxylic acids is 1. The lowest BCUT2D eigenvalue weighted by atomic mass is 10.0. The molecule has 0 spiro atoms. The van der Waals surface area contributed by atoms with Crippen LogP contribution in [0.5, 0.6) is 0 Å². The minimum atomic E-state index is -0.460. The summed E-state index contributed by atoms with van der Waals surface area (Å²) in [5.74, 6) is -0.460. The standard InChI is InChI=1S/C12H11N3O/c1-8-6-15-11(7-14-8)9-4-2-3-5-10(9)12(13)16/h2-7H,1H3,(H2,13,16). The van der Waals surface area contributed by atoms with Gasteiger partial charge in [0.05, 0.1) is 17.6 Å². The third-order valence-electron chi connectivity index (χ3n) is 2.25. The minimum Gasteiger partial charge on any atom is -0.366 e. The number of aromatic nitrogens is 2. The molecule has 0 aliphatic heterocycles. The summed E-state index contributed by atoms with van der Waals surface area (Å²) in [6.07, 6.45) is 3.30. The molecular formula is C12H11N3O. The van der Waals surface area contributed by atoms with Crippen molar-refractivity contribution in [1.29, 1.82) is 0 Å². The Morgan fingerprint density at radius 1 is 1.19 bits per heavy atom. The van der Waals surface area contributed by atoms with E-state index in [1.165, 1.54) is 0 Å². The Labute approximate surface area is 93.2 Å². The number of hydrogen-bond acceptors (Lipinski definition) is 3. The lowest BCUT2D eigenvalue weighted by Crippen LogP contribution is -2.12. The summed E-state index contributed by atoms with van der Waals surface area (Å²) < 4.78 is 0. The van der Waals surface area contributed by atoms with E-state index in [2.05, 4.69) is 9.97 Å². The first-order valence-electron chi connectivity index (χ1n) is 4.86. The van der Waals surface area contributed by atoms with Gasteiger partial charge >= 0.3 is 0 Å². The van der Waals surface area contributed by atoms with Gasteiger partial charge in [-0.1, -0.05) is 18.2 Å². The maximum Gasteiger partial charge on any atom is 0.249 e. The molecule has 0 saturated heterocycles. The molecule has 0 bridgehead atoms. The number of benzene rings is 1. The monoisotopic (exact) mass is 213 g/mol. The van der Waals surface area contributed by atoms with Gasteiger partial charge in [-0.25, -0.2) is 0 Å². The molecule has 0 aliphatic carbocycles. The Hall–Kier alpha value is -2.23. The smallest absolute Gasteiger partial charge is 0.249 e. The molecule has 2 aromatic rings. The van der Waals surface area contributed by atoms with Gasteiger partial charge in [0.15, 0.2) is 0 Å². The van der Waals surface area contributed by atoms with Crippen LogP contribution in [-0.4, -0.2) is 15.9 Å². The van der Waals surface area contributed by atoms with E-state index >= 15 is 0 Å². The van der Waals surface area contributed by atoms with E-state index in [9.17, 15) is 4.79 Å². The predicted octanol–water partition coefficient (Wildman–Crippen LogP) is 1.55. The number of aryl methyl sites for hydroxylation is 1. The predicted molar refractivity (Wildman–Crippen MR) is 60.7 cm³/mol. The number of amides is 1. The first kappa shape index (κ1) is 10.3. The van der Waals surface area contributed by atoms with Gasteiger partial charge in [-0.2, -0.15) is 0 Å². The van der Waals surface area contributed by atoms with E-state index in [1.54, 1.807) is 30.6 Å². The van der Waals surface area contributed by atoms with Gasteiger partial charge in [-0.3, -0.25) is 14.8 Å². The highest BCUT2D eigenvalue weighted by atomic mass is 16.1. The van der Waals surface area contributed by atoms with Crippen molar-refractivity contribution in [3.8, 4) is 11.3 Å². The Kier molecular flexibility index (Phi) is 2.64. The fraction of sp³-hybridized carbons (Fsp3) is 0.0833. The number of primary amides is 1. The second kappa shape index (κ2) is 4.10. The van der Waals surface area contributed by atoms with Crippen LogP contribution in [0.2, 0.25) is 0 Å². The van der Waals surface area contributed by atoms with Crippen molar-refractivity contribution in [2.75, 3.05) is 0 Å². The second-order valence-corrected chi connectivity index (χ2v) is 3.45. The Balaban J connectivity index is 2.55. The van der Waals surface area contributed by atoms with Gasteiger partial charge in [0.1, 0.15) is 0 Å². The summed E-state index contributed by atoms with van der Waals surface area (Å²) >= 11 is 0. The average molecular weight is 213 g/mol. The van der Waals surface area contributed by atoms with Crippen molar-refractivity contribution < 1.29 is 4.79 Å². The van der Waals surface area contributed by atoms with Crippen LogP contribution in [-0.2, 0) is 0 Å². The molecule has 16 heavy (non-hydrogen) atoms. The average Bonchev–Trinajstić information content (AvgIpc) is 2.30. The van der Waals surface area contributed by atoms with Crippen molar-refractivity contribution >= 4 is 5.91 Å². The number of nitrogens with zero attached hydrogens (tertiary/aromatic N) is 2. The van der Waals surface area contributed by atoms with Crippen LogP contribution in [0.25, 0.3) is 11.3 Å². The fourth-order valence-corrected chi connectivity index (χ4v) is 1.45. The molecule has 2 rings (SSSR count). The number of hydrogen-bond donors (Lipinski definition) is 1. The van der Waals surface area contributed by atoms with E-state index in [0.717, 1.165) is 5.69 Å². The van der Waals surface area contributed by atoms with Crippen LogP contribution in [0.4, 0.5) is 0 Å². The molecule has 0 radical (unpaired) electrons. The largest absolute Gasteiger partial charge is 0.366 e. The second-order valence-electron chi connectivity index (χ2n) is 3.45. The molecule has 2 N–H and O–H groups in total. The number of nitrogens with two attached hydrogens (primary N) is 1. The minimum absolute atomic E-state index is 0.459. The molecule has 0 atom stereocenters. The van der Waals surface area contributed by atoms with Crippen molar-refractivity contribution in [3.05, 3.63) is 47.9 Å². The first-order chi connectivity index (χ1) is 7.68. The topological polar surface area (TPSA) is 68.9 Å². The molecule has 80 valence electrons. The summed E-state index contributed by atoms with van der Waals surface area (Å²) in [5, 5.41) is 0. The third kappa shape index (κ3) is 1.91. The molecule has 4 heteroatoms. The molecule has 0 aliphatic rings. The Morgan fingerprint density at radius 2 is 1.94 bits per heavy atom. The normalized spacial score (nSPS) is 10.1. The molecule has 1 aromatic carbocycles. The molecule has 1 heterocycles. The van der Waals surface area contributed by atoms with Gasteiger partial charge in [0.25, 0.3) is 0 Å². The highest BCUT2D eigenvalue weighted by molar-refractivity contribution is 5.99. The molecular weight excluding hydrogens is 202 g/mol. The van der Waals surface area contributed by atoms with Gasteiger partial charge < -0.3 is 5.73 Å². The van der Waals surface area contributed by atoms with Crippen LogP contribution in [0, 0.1) is 6.92 Å². The zero-order valence-corrected chi connectivity index (χ0v) is 8.84. The Bertz CT molecular complexity index is 520. The van der Waals surface area contributed by atoms with Gasteiger partial charge in [-0.05, 0) is 13.0 Å². The maximum absolute atomic E-state index is 11.2. The zero-order valence-electron chi connectivity index (χ0n) is 8.84. The molecule has 1 amide bonds. The Morgan fingerprint density at radius 3 is 2.56 bits per heavy atom. The lowest BCUT2D eigenvalue weighted by molar-refractivity contribution is 0.100. The van der Waals surface area contributed by atoms with E-state index in [0.29, 0.717) is 16.8 Å². The third-order valence-corrected chi connectivity index (χ3v) is 2.25. The van der Waals surface area contributed by atoms with Crippen LogP contribution in [0.15, 0.2) is 36.7 Å². The van der Waals surface area contributed by atoms with E-state index in [4.69, 9.17) is 5.73 Å². The number of rotatable bonds is 2. The maximum atomic E-state index is 11.2. The quantitative estimate of drug-likeness (QED) is 0.822. The first-order valence-corrected chi connectivity index (χ1v) is 4.86. The summed E-state index contributed by atoms with van der Waals surface area (Å²) in [6.45, 7) is 1.86. The van der Waals surface area contributed by atoms with E-state index < -0.39 is 5.91 Å². The van der Waals surface area contributed by atoms with Crippen LogP contribution >= 0.6 is 0 Å².